The molecule has 1 aliphatic rings. The molecule has 3 heterocycles. The Morgan fingerprint density at radius 2 is 2.00 bits per heavy atom. The number of aromatic nitrogens is 4. The van der Waals surface area contributed by atoms with Crippen molar-refractivity contribution in [3.63, 3.8) is 0 Å². The summed E-state index contributed by atoms with van der Waals surface area (Å²) in [4.78, 5) is 18.5. The number of ether oxygens (including phenoxy) is 1. The first kappa shape index (κ1) is 25.7. The van der Waals surface area contributed by atoms with E-state index >= 15 is 8.78 Å². The minimum atomic E-state index is -0.991. The summed E-state index contributed by atoms with van der Waals surface area (Å²) in [5, 5.41) is 13.9. The molecule has 2 N–H and O–H groups in total. The Balaban J connectivity index is 1.34. The highest BCUT2D eigenvalue weighted by molar-refractivity contribution is 5.82. The maximum absolute atomic E-state index is 15.3. The summed E-state index contributed by atoms with van der Waals surface area (Å²) in [6.45, 7) is 2.40. The summed E-state index contributed by atoms with van der Waals surface area (Å²) < 4.78 is 52.5. The standard InChI is InChI=1S/C30H25F3N4O3/c1-16(20-6-2-4-18(26(20)32)8-10-25(38)39)29-35-30-22-14-19(9-7-17(22)5-3-13-37(30)36-29)40-28-23(31)15-24-21(27(28)33)11-12-34-24/h2,4,6-7,9,11-12,14-16,34H,3,5,8,10,13H2,1H3,(H,38,39). The molecule has 5 aromatic rings. The van der Waals surface area contributed by atoms with Gasteiger partial charge in [-0.1, -0.05) is 31.2 Å². The van der Waals surface area contributed by atoms with Crippen LogP contribution in [0.5, 0.6) is 11.5 Å². The predicted octanol–water partition coefficient (Wildman–Crippen LogP) is 6.75. The van der Waals surface area contributed by atoms with Crippen LogP contribution in [0.1, 0.15) is 48.2 Å². The molecule has 0 saturated carbocycles. The predicted molar refractivity (Wildman–Crippen MR) is 142 cm³/mol. The van der Waals surface area contributed by atoms with Crippen molar-refractivity contribution in [2.75, 3.05) is 0 Å². The summed E-state index contributed by atoms with van der Waals surface area (Å²) in [6.07, 6.45) is 3.00. The van der Waals surface area contributed by atoms with Gasteiger partial charge in [0.1, 0.15) is 11.6 Å². The van der Waals surface area contributed by atoms with Gasteiger partial charge < -0.3 is 14.8 Å². The van der Waals surface area contributed by atoms with E-state index in [-0.39, 0.29) is 24.0 Å². The maximum atomic E-state index is 15.3. The van der Waals surface area contributed by atoms with Crippen molar-refractivity contribution in [3.8, 4) is 22.9 Å². The number of fused-ring (bicyclic) bond motifs is 4. The van der Waals surface area contributed by atoms with Crippen LogP contribution in [0.15, 0.2) is 54.7 Å². The Bertz CT molecular complexity index is 1760. The number of nitrogens with one attached hydrogen (secondary N) is 1. The van der Waals surface area contributed by atoms with E-state index in [4.69, 9.17) is 14.8 Å². The molecule has 6 rings (SSSR count). The van der Waals surface area contributed by atoms with Crippen LogP contribution in [0.2, 0.25) is 0 Å². The second kappa shape index (κ2) is 10.2. The first-order valence-corrected chi connectivity index (χ1v) is 13.0. The molecule has 0 amide bonds. The third-order valence-corrected chi connectivity index (χ3v) is 7.32. The third kappa shape index (κ3) is 4.59. The van der Waals surface area contributed by atoms with Gasteiger partial charge in [0.25, 0.3) is 0 Å². The fourth-order valence-electron chi connectivity index (χ4n) is 5.19. The zero-order chi connectivity index (χ0) is 28.0. The molecule has 204 valence electrons. The van der Waals surface area contributed by atoms with E-state index in [0.29, 0.717) is 34.8 Å². The van der Waals surface area contributed by atoms with Gasteiger partial charge in [-0.15, -0.1) is 0 Å². The van der Waals surface area contributed by atoms with Gasteiger partial charge in [0.05, 0.1) is 5.52 Å². The van der Waals surface area contributed by atoms with Crippen molar-refractivity contribution in [3.05, 3.63) is 94.7 Å². The fourth-order valence-corrected chi connectivity index (χ4v) is 5.19. The van der Waals surface area contributed by atoms with E-state index in [9.17, 15) is 9.18 Å². The van der Waals surface area contributed by atoms with Gasteiger partial charge in [-0.25, -0.2) is 22.8 Å². The van der Waals surface area contributed by atoms with Crippen LogP contribution in [0.25, 0.3) is 22.3 Å². The number of hydrogen-bond acceptors (Lipinski definition) is 4. The van der Waals surface area contributed by atoms with Crippen LogP contribution in [0, 0.1) is 17.5 Å². The molecule has 10 heteroatoms. The number of benzene rings is 3. The Labute approximate surface area is 227 Å². The summed E-state index contributed by atoms with van der Waals surface area (Å²) >= 11 is 0. The summed E-state index contributed by atoms with van der Waals surface area (Å²) in [5.41, 5.74) is 2.76. The number of carboxylic acid groups (broad SMARTS) is 1. The number of aliphatic carboxylic acids is 1. The normalized spacial score (nSPS) is 13.5. The van der Waals surface area contributed by atoms with Crippen LogP contribution in [0.4, 0.5) is 13.2 Å². The van der Waals surface area contributed by atoms with E-state index in [2.05, 4.69) is 10.1 Å². The molecule has 0 aliphatic carbocycles. The molecule has 0 bridgehead atoms. The number of hydrogen-bond donors (Lipinski definition) is 2. The fraction of sp³-hybridized carbons (Fsp3) is 0.233. The van der Waals surface area contributed by atoms with E-state index in [1.54, 1.807) is 41.9 Å². The second-order valence-electron chi connectivity index (χ2n) is 9.92. The average molecular weight is 547 g/mol. The molecule has 0 fully saturated rings. The average Bonchev–Trinajstić information content (AvgIpc) is 3.54. The van der Waals surface area contributed by atoms with Crippen LogP contribution in [0.3, 0.4) is 0 Å². The number of H-pyrrole nitrogens is 1. The lowest BCUT2D eigenvalue weighted by Gasteiger charge is -2.13. The van der Waals surface area contributed by atoms with Crippen molar-refractivity contribution in [2.45, 2.75) is 45.1 Å². The molecule has 1 aliphatic heterocycles. The van der Waals surface area contributed by atoms with Crippen LogP contribution >= 0.6 is 0 Å². The Kier molecular flexibility index (Phi) is 6.53. The van der Waals surface area contributed by atoms with Gasteiger partial charge >= 0.3 is 5.97 Å². The number of nitrogens with zero attached hydrogens (tertiary/aromatic N) is 3. The summed E-state index contributed by atoms with van der Waals surface area (Å²) in [7, 11) is 0. The summed E-state index contributed by atoms with van der Waals surface area (Å²) in [5.74, 6) is -2.83. The lowest BCUT2D eigenvalue weighted by Crippen LogP contribution is -2.07. The van der Waals surface area contributed by atoms with Crippen molar-refractivity contribution >= 4 is 16.9 Å². The molecule has 2 aromatic heterocycles. The van der Waals surface area contributed by atoms with E-state index in [0.717, 1.165) is 24.0 Å². The largest absolute Gasteiger partial charge is 0.481 e. The number of rotatable bonds is 7. The Hall–Kier alpha value is -4.60. The number of aromatic amines is 1. The van der Waals surface area contributed by atoms with Crippen molar-refractivity contribution in [2.24, 2.45) is 0 Å². The van der Waals surface area contributed by atoms with Gasteiger partial charge in [-0.3, -0.25) is 4.79 Å². The van der Waals surface area contributed by atoms with Crippen LogP contribution < -0.4 is 4.74 Å². The third-order valence-electron chi connectivity index (χ3n) is 7.32. The number of carboxylic acids is 1. The first-order valence-electron chi connectivity index (χ1n) is 13.0. The molecule has 1 unspecified atom stereocenters. The minimum absolute atomic E-state index is 0.0865. The first-order chi connectivity index (χ1) is 19.3. The van der Waals surface area contributed by atoms with E-state index in [1.807, 2.05) is 6.07 Å². The number of aryl methyl sites for hydroxylation is 3. The number of carbonyl (C=O) groups is 1. The van der Waals surface area contributed by atoms with Gasteiger partial charge in [0.15, 0.2) is 29.0 Å². The maximum Gasteiger partial charge on any atom is 0.303 e. The lowest BCUT2D eigenvalue weighted by atomic mass is 9.96. The molecule has 3 aromatic carbocycles. The van der Waals surface area contributed by atoms with E-state index in [1.165, 1.54) is 18.3 Å². The zero-order valence-electron chi connectivity index (χ0n) is 21.5. The molecule has 7 nitrogen and oxygen atoms in total. The highest BCUT2D eigenvalue weighted by Gasteiger charge is 2.25. The highest BCUT2D eigenvalue weighted by Crippen LogP contribution is 2.37. The molecule has 1 atom stereocenters. The Morgan fingerprint density at radius 3 is 2.83 bits per heavy atom. The topological polar surface area (TPSA) is 93.0 Å². The lowest BCUT2D eigenvalue weighted by molar-refractivity contribution is -0.136. The molecule has 40 heavy (non-hydrogen) atoms. The molecule has 0 saturated heterocycles. The van der Waals surface area contributed by atoms with Crippen molar-refractivity contribution in [1.29, 1.82) is 0 Å². The molecular weight excluding hydrogens is 521 g/mol. The SMILES string of the molecule is CC(c1nc2n(n1)CCCc1ccc(Oc3c(F)cc4[nH]ccc4c3F)cc1-2)c1cccc(CCC(=O)O)c1F. The molecule has 0 radical (unpaired) electrons. The summed E-state index contributed by atoms with van der Waals surface area (Å²) in [6, 6.07) is 12.9. The van der Waals surface area contributed by atoms with Gasteiger partial charge in [-0.05, 0) is 54.2 Å². The quantitative estimate of drug-likeness (QED) is 0.236. The van der Waals surface area contributed by atoms with Gasteiger partial charge in [0, 0.05) is 42.1 Å². The molecular formula is C30H25F3N4O3. The smallest absolute Gasteiger partial charge is 0.303 e. The van der Waals surface area contributed by atoms with E-state index < -0.39 is 35.1 Å². The van der Waals surface area contributed by atoms with Gasteiger partial charge in [0.2, 0.25) is 0 Å². The minimum Gasteiger partial charge on any atom is -0.481 e. The van der Waals surface area contributed by atoms with Crippen LogP contribution in [-0.2, 0) is 24.2 Å². The highest BCUT2D eigenvalue weighted by atomic mass is 19.1. The van der Waals surface area contributed by atoms with Crippen LogP contribution in [-0.4, -0.2) is 30.8 Å². The molecule has 0 spiro atoms. The Morgan fingerprint density at radius 1 is 1.15 bits per heavy atom. The van der Waals surface area contributed by atoms with Gasteiger partial charge in [-0.2, -0.15) is 5.10 Å². The zero-order valence-corrected chi connectivity index (χ0v) is 21.5. The van der Waals surface area contributed by atoms with Crippen molar-refractivity contribution in [1.82, 2.24) is 19.7 Å². The second-order valence-corrected chi connectivity index (χ2v) is 9.92. The van der Waals surface area contributed by atoms with Crippen molar-refractivity contribution < 1.29 is 27.8 Å². The monoisotopic (exact) mass is 546 g/mol. The number of halogens is 3.